The number of carbonyl (C=O) groups excluding carboxylic acids is 2. The Bertz CT molecular complexity index is 463. The Balaban J connectivity index is 2.45. The molecule has 0 aliphatic rings. The number of para-hydroxylation sites is 1. The second kappa shape index (κ2) is 8.16. The predicted molar refractivity (Wildman–Crippen MR) is 76.4 cm³/mol. The minimum absolute atomic E-state index is 0.0185. The molecule has 0 fully saturated rings. The Kier molecular flexibility index (Phi) is 6.52. The van der Waals surface area contributed by atoms with Gasteiger partial charge in [-0.25, -0.2) is 0 Å². The summed E-state index contributed by atoms with van der Waals surface area (Å²) in [5.41, 5.74) is 11.0. The van der Waals surface area contributed by atoms with Crippen molar-refractivity contribution >= 4 is 11.8 Å². The van der Waals surface area contributed by atoms with Gasteiger partial charge < -0.3 is 21.1 Å². The molecule has 1 aromatic carbocycles. The van der Waals surface area contributed by atoms with Crippen LogP contribution in [0.5, 0.6) is 5.75 Å². The fraction of sp³-hybridized carbons (Fsp3) is 0.429. The van der Waals surface area contributed by atoms with E-state index in [0.717, 1.165) is 6.42 Å². The molecule has 0 aromatic heterocycles. The molecule has 1 rings (SSSR count). The van der Waals surface area contributed by atoms with Crippen LogP contribution in [0.4, 0.5) is 0 Å². The molecular formula is C14H21N3O3. The molecule has 0 saturated heterocycles. The number of nitrogens with zero attached hydrogens (tertiary/aromatic N) is 1. The first-order valence-electron chi connectivity index (χ1n) is 6.52. The van der Waals surface area contributed by atoms with E-state index in [1.807, 2.05) is 0 Å². The highest BCUT2D eigenvalue weighted by molar-refractivity contribution is 5.95. The lowest BCUT2D eigenvalue weighted by Gasteiger charge is -2.17. The smallest absolute Gasteiger partial charge is 0.252 e. The molecule has 2 amide bonds. The van der Waals surface area contributed by atoms with Crippen LogP contribution in [-0.4, -0.2) is 43.5 Å². The van der Waals surface area contributed by atoms with Crippen LogP contribution in [0.1, 0.15) is 23.2 Å². The van der Waals surface area contributed by atoms with Crippen LogP contribution in [-0.2, 0) is 4.79 Å². The van der Waals surface area contributed by atoms with Crippen molar-refractivity contribution in [3.63, 3.8) is 0 Å². The van der Waals surface area contributed by atoms with Gasteiger partial charge in [0, 0.05) is 13.6 Å². The van der Waals surface area contributed by atoms with Crippen LogP contribution < -0.4 is 16.2 Å². The topological polar surface area (TPSA) is 98.7 Å². The molecule has 0 atom stereocenters. The molecule has 0 bridgehead atoms. The molecular weight excluding hydrogens is 258 g/mol. The Hall–Kier alpha value is -2.08. The van der Waals surface area contributed by atoms with Gasteiger partial charge in [0.05, 0.1) is 18.6 Å². The third-order valence-corrected chi connectivity index (χ3v) is 2.85. The first kappa shape index (κ1) is 16.0. The summed E-state index contributed by atoms with van der Waals surface area (Å²) in [6.07, 6.45) is 1.02. The molecule has 1 aromatic rings. The lowest BCUT2D eigenvalue weighted by atomic mass is 10.2. The third-order valence-electron chi connectivity index (χ3n) is 2.85. The molecule has 4 N–H and O–H groups in total. The van der Waals surface area contributed by atoms with Crippen LogP contribution in [0.2, 0.25) is 0 Å². The summed E-state index contributed by atoms with van der Waals surface area (Å²) in [6, 6.07) is 6.70. The number of primary amides is 1. The highest BCUT2D eigenvalue weighted by Gasteiger charge is 2.11. The van der Waals surface area contributed by atoms with Gasteiger partial charge in [-0.1, -0.05) is 12.1 Å². The highest BCUT2D eigenvalue weighted by Crippen LogP contribution is 2.17. The molecule has 0 heterocycles. The fourth-order valence-corrected chi connectivity index (χ4v) is 1.69. The molecule has 0 spiro atoms. The van der Waals surface area contributed by atoms with E-state index < -0.39 is 5.91 Å². The SMILES string of the molecule is CN(CCCN)C(=O)CCOc1ccccc1C(N)=O. The van der Waals surface area contributed by atoms with Crippen LogP contribution in [0, 0.1) is 0 Å². The maximum atomic E-state index is 11.8. The van der Waals surface area contributed by atoms with E-state index in [-0.39, 0.29) is 18.9 Å². The van der Waals surface area contributed by atoms with Crippen molar-refractivity contribution in [1.82, 2.24) is 4.90 Å². The van der Waals surface area contributed by atoms with E-state index in [1.54, 1.807) is 36.2 Å². The van der Waals surface area contributed by atoms with Gasteiger partial charge in [-0.2, -0.15) is 0 Å². The van der Waals surface area contributed by atoms with Crippen molar-refractivity contribution in [3.8, 4) is 5.75 Å². The normalized spacial score (nSPS) is 10.1. The monoisotopic (exact) mass is 279 g/mol. The number of carbonyl (C=O) groups is 2. The molecule has 6 nitrogen and oxygen atoms in total. The molecule has 0 aliphatic carbocycles. The maximum Gasteiger partial charge on any atom is 0.252 e. The largest absolute Gasteiger partial charge is 0.492 e. The predicted octanol–water partition coefficient (Wildman–Crippen LogP) is 0.362. The quantitative estimate of drug-likeness (QED) is 0.717. The average Bonchev–Trinajstić information content (AvgIpc) is 2.44. The molecule has 110 valence electrons. The van der Waals surface area contributed by atoms with Gasteiger partial charge >= 0.3 is 0 Å². The van der Waals surface area contributed by atoms with Crippen molar-refractivity contribution in [1.29, 1.82) is 0 Å². The second-order valence-corrected chi connectivity index (χ2v) is 4.42. The van der Waals surface area contributed by atoms with Crippen molar-refractivity contribution < 1.29 is 14.3 Å². The van der Waals surface area contributed by atoms with E-state index in [2.05, 4.69) is 0 Å². The minimum Gasteiger partial charge on any atom is -0.492 e. The first-order chi connectivity index (χ1) is 9.56. The standard InChI is InChI=1S/C14H21N3O3/c1-17(9-4-8-15)13(18)7-10-20-12-6-3-2-5-11(12)14(16)19/h2-3,5-6H,4,7-10,15H2,1H3,(H2,16,19). The molecule has 0 saturated carbocycles. The molecule has 0 unspecified atom stereocenters. The number of nitrogens with two attached hydrogens (primary N) is 2. The van der Waals surface area contributed by atoms with Gasteiger partial charge in [0.25, 0.3) is 5.91 Å². The van der Waals surface area contributed by atoms with Crippen molar-refractivity contribution in [2.24, 2.45) is 11.5 Å². The summed E-state index contributed by atoms with van der Waals surface area (Å²) in [5, 5.41) is 0. The van der Waals surface area contributed by atoms with Crippen LogP contribution in [0.25, 0.3) is 0 Å². The van der Waals surface area contributed by atoms with Gasteiger partial charge in [0.15, 0.2) is 0 Å². The summed E-state index contributed by atoms with van der Waals surface area (Å²) in [7, 11) is 1.73. The van der Waals surface area contributed by atoms with E-state index in [0.29, 0.717) is 24.4 Å². The van der Waals surface area contributed by atoms with E-state index in [4.69, 9.17) is 16.2 Å². The van der Waals surface area contributed by atoms with Crippen LogP contribution in [0.15, 0.2) is 24.3 Å². The van der Waals surface area contributed by atoms with E-state index in [9.17, 15) is 9.59 Å². The van der Waals surface area contributed by atoms with Crippen molar-refractivity contribution in [3.05, 3.63) is 29.8 Å². The summed E-state index contributed by atoms with van der Waals surface area (Å²) in [4.78, 5) is 24.6. The summed E-state index contributed by atoms with van der Waals surface area (Å²) < 4.78 is 5.45. The van der Waals surface area contributed by atoms with Crippen molar-refractivity contribution in [2.75, 3.05) is 26.7 Å². The number of rotatable bonds is 8. The van der Waals surface area contributed by atoms with Crippen LogP contribution >= 0.6 is 0 Å². The molecule has 20 heavy (non-hydrogen) atoms. The number of ether oxygens (including phenoxy) is 1. The second-order valence-electron chi connectivity index (χ2n) is 4.42. The third kappa shape index (κ3) is 4.89. The lowest BCUT2D eigenvalue weighted by Crippen LogP contribution is -2.30. The van der Waals surface area contributed by atoms with Gasteiger partial charge in [-0.05, 0) is 25.1 Å². The van der Waals surface area contributed by atoms with E-state index in [1.165, 1.54) is 0 Å². The van der Waals surface area contributed by atoms with Gasteiger partial charge in [-0.3, -0.25) is 9.59 Å². The summed E-state index contributed by atoms with van der Waals surface area (Å²) >= 11 is 0. The molecule has 6 heteroatoms. The van der Waals surface area contributed by atoms with E-state index >= 15 is 0 Å². The Labute approximate surface area is 118 Å². The zero-order valence-corrected chi connectivity index (χ0v) is 11.7. The summed E-state index contributed by atoms with van der Waals surface area (Å²) in [5.74, 6) is -0.167. The average molecular weight is 279 g/mol. The highest BCUT2D eigenvalue weighted by atomic mass is 16.5. The Morgan fingerprint density at radius 2 is 2.00 bits per heavy atom. The Morgan fingerprint density at radius 3 is 2.65 bits per heavy atom. The maximum absolute atomic E-state index is 11.8. The number of amides is 2. The van der Waals surface area contributed by atoms with Crippen molar-refractivity contribution in [2.45, 2.75) is 12.8 Å². The Morgan fingerprint density at radius 1 is 1.30 bits per heavy atom. The summed E-state index contributed by atoms with van der Waals surface area (Å²) in [6.45, 7) is 1.39. The zero-order chi connectivity index (χ0) is 15.0. The van der Waals surface area contributed by atoms with Gasteiger partial charge in [-0.15, -0.1) is 0 Å². The molecule has 0 aliphatic heterocycles. The zero-order valence-electron chi connectivity index (χ0n) is 11.7. The molecule has 0 radical (unpaired) electrons. The van der Waals surface area contributed by atoms with Gasteiger partial charge in [0.2, 0.25) is 5.91 Å². The number of benzene rings is 1. The van der Waals surface area contributed by atoms with Gasteiger partial charge in [0.1, 0.15) is 5.75 Å². The number of hydrogen-bond acceptors (Lipinski definition) is 4. The first-order valence-corrected chi connectivity index (χ1v) is 6.52. The minimum atomic E-state index is -0.549. The van der Waals surface area contributed by atoms with Crippen LogP contribution in [0.3, 0.4) is 0 Å². The fourth-order valence-electron chi connectivity index (χ4n) is 1.69. The number of hydrogen-bond donors (Lipinski definition) is 2. The lowest BCUT2D eigenvalue weighted by molar-refractivity contribution is -0.130.